The van der Waals surface area contributed by atoms with Crippen LogP contribution in [0.4, 0.5) is 0 Å². The van der Waals surface area contributed by atoms with Crippen LogP contribution in [0.2, 0.25) is 0 Å². The molecule has 2 heterocycles. The number of hydrogen-bond donors (Lipinski definition) is 1. The summed E-state index contributed by atoms with van der Waals surface area (Å²) in [6.07, 6.45) is 2.00. The first-order chi connectivity index (χ1) is 12.3. The van der Waals surface area contributed by atoms with Gasteiger partial charge in [-0.05, 0) is 38.3 Å². The highest BCUT2D eigenvalue weighted by molar-refractivity contribution is 7.89. The first-order valence-corrected chi connectivity index (χ1v) is 10.3. The van der Waals surface area contributed by atoms with E-state index in [4.69, 9.17) is 0 Å². The summed E-state index contributed by atoms with van der Waals surface area (Å²) in [4.78, 5) is 14.6. The maximum atomic E-state index is 12.8. The van der Waals surface area contributed by atoms with Crippen molar-refractivity contribution in [1.82, 2.24) is 14.2 Å². The standard InChI is InChI=1S/C19H25N3O3S/c1-14-6-8-16(9-7-14)13-20-26(24,25)18-12-17(21(3)15(18)2)19(23)22-10-4-5-11-22/h6-9,12,20H,4-5,10-11,13H2,1-3H3. The molecule has 26 heavy (non-hydrogen) atoms. The summed E-state index contributed by atoms with van der Waals surface area (Å²) < 4.78 is 29.8. The van der Waals surface area contributed by atoms with E-state index < -0.39 is 10.0 Å². The molecule has 0 atom stereocenters. The van der Waals surface area contributed by atoms with E-state index in [1.807, 2.05) is 31.2 Å². The zero-order valence-corrected chi connectivity index (χ0v) is 16.3. The smallest absolute Gasteiger partial charge is 0.270 e. The third-order valence-corrected chi connectivity index (χ3v) is 6.49. The molecule has 0 bridgehead atoms. The number of hydrogen-bond acceptors (Lipinski definition) is 3. The molecular weight excluding hydrogens is 350 g/mol. The van der Waals surface area contributed by atoms with E-state index in [1.165, 1.54) is 6.07 Å². The number of nitrogens with one attached hydrogen (secondary N) is 1. The van der Waals surface area contributed by atoms with Crippen molar-refractivity contribution in [3.63, 3.8) is 0 Å². The minimum atomic E-state index is -3.70. The molecule has 140 valence electrons. The van der Waals surface area contributed by atoms with Crippen LogP contribution in [0.15, 0.2) is 35.2 Å². The predicted octanol–water partition coefficient (Wildman–Crippen LogP) is 2.36. The first kappa shape index (κ1) is 18.7. The Morgan fingerprint density at radius 3 is 2.35 bits per heavy atom. The third-order valence-electron chi connectivity index (χ3n) is 4.98. The molecule has 1 aliphatic rings. The molecule has 0 aliphatic carbocycles. The molecule has 7 heteroatoms. The molecule has 1 saturated heterocycles. The lowest BCUT2D eigenvalue weighted by atomic mass is 10.2. The Balaban J connectivity index is 1.82. The molecular formula is C19H25N3O3S. The number of amides is 1. The van der Waals surface area contributed by atoms with Gasteiger partial charge in [0.25, 0.3) is 5.91 Å². The molecule has 0 unspecified atom stereocenters. The molecule has 0 radical (unpaired) electrons. The molecule has 2 aromatic rings. The van der Waals surface area contributed by atoms with Crippen molar-refractivity contribution in [2.24, 2.45) is 7.05 Å². The van der Waals surface area contributed by atoms with Gasteiger partial charge in [-0.2, -0.15) is 0 Å². The fourth-order valence-corrected chi connectivity index (χ4v) is 4.50. The zero-order chi connectivity index (χ0) is 18.9. The van der Waals surface area contributed by atoms with E-state index >= 15 is 0 Å². The maximum Gasteiger partial charge on any atom is 0.270 e. The van der Waals surface area contributed by atoms with Gasteiger partial charge in [0.15, 0.2) is 0 Å². The fourth-order valence-electron chi connectivity index (χ4n) is 3.19. The number of rotatable bonds is 5. The summed E-state index contributed by atoms with van der Waals surface area (Å²) in [5, 5.41) is 0. The lowest BCUT2D eigenvalue weighted by Crippen LogP contribution is -2.29. The maximum absolute atomic E-state index is 12.8. The van der Waals surface area contributed by atoms with Crippen molar-refractivity contribution < 1.29 is 13.2 Å². The van der Waals surface area contributed by atoms with E-state index in [0.717, 1.165) is 37.1 Å². The van der Waals surface area contributed by atoms with E-state index in [2.05, 4.69) is 4.72 Å². The molecule has 3 rings (SSSR count). The topological polar surface area (TPSA) is 71.4 Å². The van der Waals surface area contributed by atoms with Gasteiger partial charge in [0, 0.05) is 32.4 Å². The van der Waals surface area contributed by atoms with Gasteiger partial charge in [0.1, 0.15) is 10.6 Å². The van der Waals surface area contributed by atoms with Gasteiger partial charge in [0.2, 0.25) is 10.0 Å². The van der Waals surface area contributed by atoms with Crippen LogP contribution in [0, 0.1) is 13.8 Å². The fraction of sp³-hybridized carbons (Fsp3) is 0.421. The highest BCUT2D eigenvalue weighted by Crippen LogP contribution is 2.22. The quantitative estimate of drug-likeness (QED) is 0.872. The summed E-state index contributed by atoms with van der Waals surface area (Å²) in [5.74, 6) is -0.104. The van der Waals surface area contributed by atoms with E-state index in [-0.39, 0.29) is 17.3 Å². The average molecular weight is 375 g/mol. The largest absolute Gasteiger partial charge is 0.343 e. The summed E-state index contributed by atoms with van der Waals surface area (Å²) in [7, 11) is -1.97. The Kier molecular flexibility index (Phi) is 5.20. The summed E-state index contributed by atoms with van der Waals surface area (Å²) in [6, 6.07) is 9.19. The van der Waals surface area contributed by atoms with Crippen LogP contribution >= 0.6 is 0 Å². The average Bonchev–Trinajstić information content (AvgIpc) is 3.24. The number of carbonyl (C=O) groups excluding carboxylic acids is 1. The molecule has 0 spiro atoms. The van der Waals surface area contributed by atoms with Crippen LogP contribution in [0.3, 0.4) is 0 Å². The van der Waals surface area contributed by atoms with Crippen molar-refractivity contribution in [2.75, 3.05) is 13.1 Å². The van der Waals surface area contributed by atoms with Crippen LogP contribution in [0.1, 0.15) is 40.2 Å². The lowest BCUT2D eigenvalue weighted by Gasteiger charge is -2.15. The molecule has 1 aliphatic heterocycles. The van der Waals surface area contributed by atoms with E-state index in [9.17, 15) is 13.2 Å². The molecule has 1 fully saturated rings. The highest BCUT2D eigenvalue weighted by Gasteiger charge is 2.27. The number of nitrogens with zero attached hydrogens (tertiary/aromatic N) is 2. The van der Waals surface area contributed by atoms with Crippen LogP contribution in [-0.2, 0) is 23.6 Å². The van der Waals surface area contributed by atoms with Crippen molar-refractivity contribution in [2.45, 2.75) is 38.1 Å². The highest BCUT2D eigenvalue weighted by atomic mass is 32.2. The predicted molar refractivity (Wildman–Crippen MR) is 100 cm³/mol. The second-order valence-corrected chi connectivity index (χ2v) is 8.58. The zero-order valence-electron chi connectivity index (χ0n) is 15.4. The molecule has 1 amide bonds. The SMILES string of the molecule is Cc1ccc(CNS(=O)(=O)c2cc(C(=O)N3CCCC3)n(C)c2C)cc1. The number of likely N-dealkylation sites (tertiary alicyclic amines) is 1. The van der Waals surface area contributed by atoms with E-state index in [1.54, 1.807) is 23.4 Å². The second kappa shape index (κ2) is 7.25. The van der Waals surface area contributed by atoms with Crippen molar-refractivity contribution in [3.8, 4) is 0 Å². The normalized spacial score (nSPS) is 14.8. The van der Waals surface area contributed by atoms with Crippen molar-refractivity contribution in [3.05, 3.63) is 52.8 Å². The van der Waals surface area contributed by atoms with Gasteiger partial charge in [-0.3, -0.25) is 4.79 Å². The summed E-state index contributed by atoms with van der Waals surface area (Å²) in [5.41, 5.74) is 2.99. The number of aromatic nitrogens is 1. The summed E-state index contributed by atoms with van der Waals surface area (Å²) in [6.45, 7) is 5.39. The second-order valence-electron chi connectivity index (χ2n) is 6.85. The molecule has 1 aromatic heterocycles. The van der Waals surface area contributed by atoms with Gasteiger partial charge in [0.05, 0.1) is 0 Å². The van der Waals surface area contributed by atoms with Gasteiger partial charge in [-0.1, -0.05) is 29.8 Å². The van der Waals surface area contributed by atoms with E-state index in [0.29, 0.717) is 11.4 Å². The van der Waals surface area contributed by atoms with Gasteiger partial charge >= 0.3 is 0 Å². The summed E-state index contributed by atoms with van der Waals surface area (Å²) >= 11 is 0. The van der Waals surface area contributed by atoms with Crippen LogP contribution in [0.5, 0.6) is 0 Å². The number of sulfonamides is 1. The minimum Gasteiger partial charge on any atom is -0.343 e. The molecule has 1 N–H and O–H groups in total. The number of aryl methyl sites for hydroxylation is 1. The molecule has 0 saturated carbocycles. The molecule has 1 aromatic carbocycles. The van der Waals surface area contributed by atoms with Gasteiger partial charge in [-0.25, -0.2) is 13.1 Å². The third kappa shape index (κ3) is 3.68. The van der Waals surface area contributed by atoms with Crippen molar-refractivity contribution >= 4 is 15.9 Å². The Morgan fingerprint density at radius 2 is 1.73 bits per heavy atom. The number of carbonyl (C=O) groups is 1. The Bertz CT molecular complexity index is 908. The van der Waals surface area contributed by atoms with Crippen LogP contribution < -0.4 is 4.72 Å². The van der Waals surface area contributed by atoms with Crippen molar-refractivity contribution in [1.29, 1.82) is 0 Å². The Morgan fingerprint density at radius 1 is 1.12 bits per heavy atom. The molecule has 6 nitrogen and oxygen atoms in total. The van der Waals surface area contributed by atoms with Crippen LogP contribution in [0.25, 0.3) is 0 Å². The van der Waals surface area contributed by atoms with Crippen LogP contribution in [-0.4, -0.2) is 36.9 Å². The van der Waals surface area contributed by atoms with Gasteiger partial charge < -0.3 is 9.47 Å². The van der Waals surface area contributed by atoms with Gasteiger partial charge in [-0.15, -0.1) is 0 Å². The monoisotopic (exact) mass is 375 g/mol. The lowest BCUT2D eigenvalue weighted by molar-refractivity contribution is 0.0783. The minimum absolute atomic E-state index is 0.104. The first-order valence-electron chi connectivity index (χ1n) is 8.80. The Labute approximate surface area is 154 Å². The number of benzene rings is 1. The Hall–Kier alpha value is -2.12.